The first-order valence-corrected chi connectivity index (χ1v) is 5.89. The second kappa shape index (κ2) is 4.75. The molecule has 17 heavy (non-hydrogen) atoms. The number of nitrogens with zero attached hydrogens (tertiary/aromatic N) is 3. The van der Waals surface area contributed by atoms with E-state index in [4.69, 9.17) is 11.6 Å². The molecule has 2 aromatic heterocycles. The zero-order valence-corrected chi connectivity index (χ0v) is 10.2. The predicted octanol–water partition coefficient (Wildman–Crippen LogP) is 1.20. The molecule has 92 valence electrons. The first-order chi connectivity index (χ1) is 8.13. The second-order valence-electron chi connectivity index (χ2n) is 3.86. The summed E-state index contributed by atoms with van der Waals surface area (Å²) in [4.78, 5) is 18.4. The first-order valence-electron chi connectivity index (χ1n) is 5.51. The smallest absolute Gasteiger partial charge is 0.502 e. The number of hydrogen-bond acceptors (Lipinski definition) is 3. The van der Waals surface area contributed by atoms with Crippen LogP contribution in [0.2, 0.25) is 5.28 Å². The van der Waals surface area contributed by atoms with Gasteiger partial charge in [-0.05, 0) is 24.4 Å². The van der Waals surface area contributed by atoms with Crippen LogP contribution in [0.3, 0.4) is 0 Å². The number of aromatic amines is 1. The van der Waals surface area contributed by atoms with Crippen molar-refractivity contribution >= 4 is 22.8 Å². The molecule has 2 rings (SSSR count). The van der Waals surface area contributed by atoms with Gasteiger partial charge in [0.25, 0.3) is 5.65 Å². The van der Waals surface area contributed by atoms with Crippen molar-refractivity contribution in [2.24, 2.45) is 0 Å². The van der Waals surface area contributed by atoms with Gasteiger partial charge in [0, 0.05) is 0 Å². The van der Waals surface area contributed by atoms with Gasteiger partial charge in [0.1, 0.15) is 11.7 Å². The summed E-state index contributed by atoms with van der Waals surface area (Å²) < 4.78 is 1.66. The van der Waals surface area contributed by atoms with Gasteiger partial charge in [-0.2, -0.15) is 19.1 Å². The van der Waals surface area contributed by atoms with E-state index in [9.17, 15) is 10.0 Å². The Balaban J connectivity index is 2.49. The van der Waals surface area contributed by atoms with Crippen molar-refractivity contribution in [2.45, 2.75) is 32.7 Å². The van der Waals surface area contributed by atoms with Crippen LogP contribution in [-0.4, -0.2) is 14.5 Å². The van der Waals surface area contributed by atoms with Crippen molar-refractivity contribution in [3.05, 3.63) is 27.2 Å². The summed E-state index contributed by atoms with van der Waals surface area (Å²) in [5.41, 5.74) is 0.293. The molecule has 0 radical (unpaired) electrons. The van der Waals surface area contributed by atoms with Gasteiger partial charge >= 0.3 is 5.69 Å². The number of fused-ring (bicyclic) bond motifs is 1. The highest BCUT2D eigenvalue weighted by atomic mass is 35.5. The van der Waals surface area contributed by atoms with Crippen LogP contribution in [0.4, 0.5) is 0 Å². The Kier molecular flexibility index (Phi) is 3.33. The average Bonchev–Trinajstić information content (AvgIpc) is 2.64. The Morgan fingerprint density at radius 3 is 3.06 bits per heavy atom. The normalized spacial score (nSPS) is 11.2. The molecule has 2 aromatic rings. The van der Waals surface area contributed by atoms with Gasteiger partial charge in [0.2, 0.25) is 5.28 Å². The largest absolute Gasteiger partial charge is 0.708 e. The lowest BCUT2D eigenvalue weighted by Crippen LogP contribution is -2.50. The summed E-state index contributed by atoms with van der Waals surface area (Å²) in [6.07, 6.45) is 4.04. The molecule has 0 aromatic carbocycles. The van der Waals surface area contributed by atoms with Gasteiger partial charge < -0.3 is 10.2 Å². The van der Waals surface area contributed by atoms with Crippen molar-refractivity contribution < 1.29 is 4.73 Å². The van der Waals surface area contributed by atoms with Crippen LogP contribution in [0, 0.1) is 5.21 Å². The van der Waals surface area contributed by atoms with Crippen molar-refractivity contribution in [2.75, 3.05) is 0 Å². The minimum Gasteiger partial charge on any atom is -0.708 e. The molecule has 0 aliphatic carbocycles. The van der Waals surface area contributed by atoms with Crippen molar-refractivity contribution in [3.8, 4) is 0 Å². The lowest BCUT2D eigenvalue weighted by molar-refractivity contribution is -0.625. The van der Waals surface area contributed by atoms with Gasteiger partial charge in [-0.25, -0.2) is 0 Å². The van der Waals surface area contributed by atoms with E-state index in [0.29, 0.717) is 22.4 Å². The summed E-state index contributed by atoms with van der Waals surface area (Å²) in [5.74, 6) is 0. The molecular formula is C10H13ClN4O2. The van der Waals surface area contributed by atoms with Crippen LogP contribution < -0.4 is 10.4 Å². The molecule has 2 heterocycles. The van der Waals surface area contributed by atoms with Gasteiger partial charge in [-0.3, -0.25) is 0 Å². The average molecular weight is 257 g/mol. The van der Waals surface area contributed by atoms with Gasteiger partial charge in [-0.1, -0.05) is 13.3 Å². The molecule has 6 nitrogen and oxygen atoms in total. The maximum atomic E-state index is 11.7. The monoisotopic (exact) mass is 256 g/mol. The molecule has 0 saturated carbocycles. The molecule has 0 atom stereocenters. The Morgan fingerprint density at radius 1 is 1.59 bits per heavy atom. The van der Waals surface area contributed by atoms with E-state index >= 15 is 0 Å². The topological polar surface area (TPSA) is 77.6 Å². The van der Waals surface area contributed by atoms with E-state index in [-0.39, 0.29) is 5.28 Å². The van der Waals surface area contributed by atoms with Crippen LogP contribution in [0.5, 0.6) is 0 Å². The van der Waals surface area contributed by atoms with Crippen LogP contribution in [0.1, 0.15) is 26.2 Å². The highest BCUT2D eigenvalue weighted by Gasteiger charge is 2.16. The Hall–Kier alpha value is -1.56. The van der Waals surface area contributed by atoms with Gasteiger partial charge in [0.05, 0.1) is 6.54 Å². The number of halogens is 1. The number of aryl methyl sites for hydroxylation is 1. The maximum Gasteiger partial charge on any atom is 0.502 e. The predicted molar refractivity (Wildman–Crippen MR) is 63.8 cm³/mol. The fourth-order valence-corrected chi connectivity index (χ4v) is 1.93. The zero-order valence-electron chi connectivity index (χ0n) is 9.44. The summed E-state index contributed by atoms with van der Waals surface area (Å²) in [6, 6.07) is 0. The summed E-state index contributed by atoms with van der Waals surface area (Å²) >= 11 is 5.73. The lowest BCUT2D eigenvalue weighted by atomic mass is 10.2. The van der Waals surface area contributed by atoms with Crippen molar-refractivity contribution in [3.63, 3.8) is 0 Å². The summed E-state index contributed by atoms with van der Waals surface area (Å²) in [6.45, 7) is 2.55. The minimum absolute atomic E-state index is 0.176. The number of unbranched alkanes of at least 4 members (excludes halogenated alkanes) is 2. The van der Waals surface area contributed by atoms with E-state index < -0.39 is 5.69 Å². The minimum atomic E-state index is -0.614. The van der Waals surface area contributed by atoms with Gasteiger partial charge in [-0.15, -0.1) is 0 Å². The number of aromatic nitrogens is 4. The Labute approximate surface area is 102 Å². The SMILES string of the molecule is CCCCCn1c(=O)[n+]([O-])cc2[nH]c(Cl)nc21. The molecule has 0 unspecified atom stereocenters. The molecule has 0 aliphatic rings. The van der Waals surface area contributed by atoms with Gasteiger partial charge in [0.15, 0.2) is 0 Å². The fraction of sp³-hybridized carbons (Fsp3) is 0.500. The molecule has 0 saturated heterocycles. The Bertz CT molecular complexity index is 590. The molecule has 0 amide bonds. The third-order valence-electron chi connectivity index (χ3n) is 2.59. The van der Waals surface area contributed by atoms with Crippen LogP contribution in [0.15, 0.2) is 11.0 Å². The quantitative estimate of drug-likeness (QED) is 0.386. The third-order valence-corrected chi connectivity index (χ3v) is 2.77. The number of rotatable bonds is 4. The lowest BCUT2D eigenvalue weighted by Gasteiger charge is -2.04. The van der Waals surface area contributed by atoms with E-state index in [1.54, 1.807) is 0 Å². The van der Waals surface area contributed by atoms with E-state index in [2.05, 4.69) is 16.9 Å². The second-order valence-corrected chi connectivity index (χ2v) is 4.22. The zero-order chi connectivity index (χ0) is 12.4. The molecule has 1 N–H and O–H groups in total. The fourth-order valence-electron chi connectivity index (χ4n) is 1.75. The van der Waals surface area contributed by atoms with E-state index in [1.165, 1.54) is 4.57 Å². The molecule has 0 fully saturated rings. The Morgan fingerprint density at radius 2 is 2.35 bits per heavy atom. The summed E-state index contributed by atoms with van der Waals surface area (Å²) in [5, 5.41) is 11.6. The molecular weight excluding hydrogens is 244 g/mol. The van der Waals surface area contributed by atoms with Crippen LogP contribution in [-0.2, 0) is 6.54 Å². The van der Waals surface area contributed by atoms with Crippen molar-refractivity contribution in [1.82, 2.24) is 14.5 Å². The molecule has 7 heteroatoms. The van der Waals surface area contributed by atoms with Crippen molar-refractivity contribution in [1.29, 1.82) is 0 Å². The van der Waals surface area contributed by atoms with E-state index in [0.717, 1.165) is 25.5 Å². The number of nitrogens with one attached hydrogen (secondary N) is 1. The number of H-pyrrole nitrogens is 1. The maximum absolute atomic E-state index is 11.7. The highest BCUT2D eigenvalue weighted by Crippen LogP contribution is 2.11. The van der Waals surface area contributed by atoms with Crippen LogP contribution >= 0.6 is 11.6 Å². The number of imidazole rings is 1. The first kappa shape index (κ1) is 11.9. The molecule has 0 bridgehead atoms. The summed E-state index contributed by atoms with van der Waals surface area (Å²) in [7, 11) is 0. The van der Waals surface area contributed by atoms with Crippen LogP contribution in [0.25, 0.3) is 11.2 Å². The highest BCUT2D eigenvalue weighted by molar-refractivity contribution is 6.28. The standard InChI is InChI=1S/C10H13ClN4O2/c1-2-3-4-5-14-8-7(12-9(11)13-8)6-15(17)10(14)16/h6H,2-5H2,1H3,(H,12,13). The molecule has 0 spiro atoms. The third kappa shape index (κ3) is 2.26. The van der Waals surface area contributed by atoms with E-state index in [1.807, 2.05) is 0 Å². The molecule has 0 aliphatic heterocycles. The number of hydrogen-bond donors (Lipinski definition) is 1.